The molecule has 0 aliphatic carbocycles. The van der Waals surface area contributed by atoms with Crippen LogP contribution in [0.4, 0.5) is 0 Å². The van der Waals surface area contributed by atoms with E-state index in [0.29, 0.717) is 0 Å². The van der Waals surface area contributed by atoms with Gasteiger partial charge in [-0.25, -0.2) is 0 Å². The Morgan fingerprint density at radius 3 is 2.79 bits per heavy atom. The first-order valence-corrected chi connectivity index (χ1v) is 8.71. The molecule has 1 amide bonds. The highest BCUT2D eigenvalue weighted by molar-refractivity contribution is 5.78. The smallest absolute Gasteiger partial charge is 0.225 e. The van der Waals surface area contributed by atoms with Crippen molar-refractivity contribution in [2.24, 2.45) is 5.92 Å². The lowest BCUT2D eigenvalue weighted by atomic mass is 9.96. The third-order valence-electron chi connectivity index (χ3n) is 4.61. The summed E-state index contributed by atoms with van der Waals surface area (Å²) in [6.45, 7) is 2.65. The number of nitrogens with zero attached hydrogens (tertiary/aromatic N) is 2. The topological polar surface area (TPSA) is 58.4 Å². The van der Waals surface area contributed by atoms with E-state index in [1.165, 1.54) is 0 Å². The van der Waals surface area contributed by atoms with Gasteiger partial charge < -0.3 is 14.7 Å². The van der Waals surface area contributed by atoms with E-state index in [1.807, 2.05) is 48.3 Å². The van der Waals surface area contributed by atoms with Crippen LogP contribution < -0.4 is 5.32 Å². The molecule has 1 aliphatic rings. The van der Waals surface area contributed by atoms with E-state index in [-0.39, 0.29) is 11.8 Å². The summed E-state index contributed by atoms with van der Waals surface area (Å²) in [6.07, 6.45) is 3.58. The Bertz CT molecular complexity index is 648. The Balaban J connectivity index is 1.46. The molecule has 0 bridgehead atoms. The fourth-order valence-electron chi connectivity index (χ4n) is 3.16. The SMILES string of the molecule is CN(CCCc1cc(-c2ccccc2)no1)C(=O)C1CCNCC1. The zero-order valence-corrected chi connectivity index (χ0v) is 14.2. The van der Waals surface area contributed by atoms with Crippen LogP contribution in [0.3, 0.4) is 0 Å². The van der Waals surface area contributed by atoms with Crippen molar-refractivity contribution in [3.8, 4) is 11.3 Å². The predicted octanol–water partition coefficient (Wildman–Crippen LogP) is 2.73. The number of amides is 1. The fourth-order valence-corrected chi connectivity index (χ4v) is 3.16. The van der Waals surface area contributed by atoms with Crippen LogP contribution in [0.25, 0.3) is 11.3 Å². The van der Waals surface area contributed by atoms with E-state index < -0.39 is 0 Å². The molecule has 0 unspecified atom stereocenters. The van der Waals surface area contributed by atoms with Gasteiger partial charge >= 0.3 is 0 Å². The van der Waals surface area contributed by atoms with E-state index in [0.717, 1.165) is 62.3 Å². The first-order valence-electron chi connectivity index (χ1n) is 8.71. The molecule has 0 atom stereocenters. The van der Waals surface area contributed by atoms with Crippen LogP contribution in [-0.2, 0) is 11.2 Å². The van der Waals surface area contributed by atoms with Crippen molar-refractivity contribution in [1.82, 2.24) is 15.4 Å². The molecule has 24 heavy (non-hydrogen) atoms. The second kappa shape index (κ2) is 8.11. The molecular weight excluding hydrogens is 302 g/mol. The third kappa shape index (κ3) is 4.23. The quantitative estimate of drug-likeness (QED) is 0.886. The normalized spacial score (nSPS) is 15.4. The minimum absolute atomic E-state index is 0.186. The van der Waals surface area contributed by atoms with Crippen LogP contribution in [0.2, 0.25) is 0 Å². The summed E-state index contributed by atoms with van der Waals surface area (Å²) in [5.74, 6) is 1.34. The number of rotatable bonds is 6. The maximum atomic E-state index is 12.4. The number of aryl methyl sites for hydroxylation is 1. The van der Waals surface area contributed by atoms with Crippen LogP contribution in [0.15, 0.2) is 40.9 Å². The van der Waals surface area contributed by atoms with Crippen LogP contribution in [0, 0.1) is 5.92 Å². The number of benzene rings is 1. The summed E-state index contributed by atoms with van der Waals surface area (Å²) in [5, 5.41) is 7.43. The Labute approximate surface area is 143 Å². The monoisotopic (exact) mass is 327 g/mol. The molecule has 0 saturated carbocycles. The van der Waals surface area contributed by atoms with E-state index in [1.54, 1.807) is 0 Å². The molecule has 1 saturated heterocycles. The molecule has 128 valence electrons. The van der Waals surface area contributed by atoms with E-state index in [2.05, 4.69) is 10.5 Å². The minimum atomic E-state index is 0.186. The molecule has 1 aliphatic heterocycles. The van der Waals surface area contributed by atoms with Gasteiger partial charge in [-0.15, -0.1) is 0 Å². The summed E-state index contributed by atoms with van der Waals surface area (Å²) in [7, 11) is 1.90. The Morgan fingerprint density at radius 2 is 2.04 bits per heavy atom. The zero-order valence-electron chi connectivity index (χ0n) is 14.2. The summed E-state index contributed by atoms with van der Waals surface area (Å²) in [5.41, 5.74) is 1.93. The maximum absolute atomic E-state index is 12.4. The van der Waals surface area contributed by atoms with Crippen molar-refractivity contribution < 1.29 is 9.32 Å². The molecule has 1 fully saturated rings. The van der Waals surface area contributed by atoms with Gasteiger partial charge in [0.25, 0.3) is 0 Å². The van der Waals surface area contributed by atoms with E-state index >= 15 is 0 Å². The number of carbonyl (C=O) groups is 1. The van der Waals surface area contributed by atoms with Crippen molar-refractivity contribution >= 4 is 5.91 Å². The molecule has 2 aromatic rings. The van der Waals surface area contributed by atoms with Gasteiger partial charge in [-0.1, -0.05) is 35.5 Å². The van der Waals surface area contributed by atoms with Gasteiger partial charge in [0.15, 0.2) is 0 Å². The first-order chi connectivity index (χ1) is 11.7. The van der Waals surface area contributed by atoms with Crippen molar-refractivity contribution in [3.63, 3.8) is 0 Å². The van der Waals surface area contributed by atoms with Crippen LogP contribution >= 0.6 is 0 Å². The molecule has 1 N–H and O–H groups in total. The van der Waals surface area contributed by atoms with Gasteiger partial charge in [0.1, 0.15) is 11.5 Å². The highest BCUT2D eigenvalue weighted by Gasteiger charge is 2.23. The van der Waals surface area contributed by atoms with Crippen molar-refractivity contribution in [3.05, 3.63) is 42.2 Å². The van der Waals surface area contributed by atoms with Gasteiger partial charge in [0.2, 0.25) is 5.91 Å². The number of aromatic nitrogens is 1. The average molecular weight is 327 g/mol. The number of carbonyl (C=O) groups excluding carboxylic acids is 1. The number of nitrogens with one attached hydrogen (secondary N) is 1. The standard InChI is InChI=1S/C19H25N3O2/c1-22(19(23)16-9-11-20-12-10-16)13-5-8-17-14-18(21-24-17)15-6-3-2-4-7-15/h2-4,6-7,14,16,20H,5,8-13H2,1H3. The van der Waals surface area contributed by atoms with Crippen LogP contribution in [-0.4, -0.2) is 42.6 Å². The number of piperidine rings is 1. The van der Waals surface area contributed by atoms with Gasteiger partial charge in [-0.05, 0) is 32.4 Å². The lowest BCUT2D eigenvalue weighted by Gasteiger charge is -2.26. The molecule has 2 heterocycles. The van der Waals surface area contributed by atoms with Gasteiger partial charge in [-0.2, -0.15) is 0 Å². The third-order valence-corrected chi connectivity index (χ3v) is 4.61. The molecule has 0 spiro atoms. The Morgan fingerprint density at radius 1 is 1.29 bits per heavy atom. The number of hydrogen-bond donors (Lipinski definition) is 1. The second-order valence-corrected chi connectivity index (χ2v) is 6.43. The van der Waals surface area contributed by atoms with E-state index in [9.17, 15) is 4.79 Å². The number of hydrogen-bond acceptors (Lipinski definition) is 4. The summed E-state index contributed by atoms with van der Waals surface area (Å²) in [6, 6.07) is 12.0. The molecule has 1 aromatic heterocycles. The molecular formula is C19H25N3O2. The van der Waals surface area contributed by atoms with Gasteiger partial charge in [0.05, 0.1) is 0 Å². The predicted molar refractivity (Wildman–Crippen MR) is 93.5 cm³/mol. The maximum Gasteiger partial charge on any atom is 0.225 e. The molecule has 0 radical (unpaired) electrons. The van der Waals surface area contributed by atoms with Crippen molar-refractivity contribution in [2.45, 2.75) is 25.7 Å². The van der Waals surface area contributed by atoms with Gasteiger partial charge in [-0.3, -0.25) is 4.79 Å². The molecule has 5 heteroatoms. The summed E-state index contributed by atoms with van der Waals surface area (Å²) >= 11 is 0. The van der Waals surface area contributed by atoms with Crippen molar-refractivity contribution in [2.75, 3.05) is 26.7 Å². The lowest BCUT2D eigenvalue weighted by molar-refractivity contribution is -0.135. The lowest BCUT2D eigenvalue weighted by Crippen LogP contribution is -2.39. The second-order valence-electron chi connectivity index (χ2n) is 6.43. The fraction of sp³-hybridized carbons (Fsp3) is 0.474. The van der Waals surface area contributed by atoms with Crippen molar-refractivity contribution in [1.29, 1.82) is 0 Å². The van der Waals surface area contributed by atoms with Gasteiger partial charge in [0, 0.05) is 37.6 Å². The largest absolute Gasteiger partial charge is 0.361 e. The Kier molecular flexibility index (Phi) is 5.64. The first kappa shape index (κ1) is 16.7. The molecule has 3 rings (SSSR count). The highest BCUT2D eigenvalue weighted by Crippen LogP contribution is 2.19. The Hall–Kier alpha value is -2.14. The average Bonchev–Trinajstić information content (AvgIpc) is 3.11. The highest BCUT2D eigenvalue weighted by atomic mass is 16.5. The van der Waals surface area contributed by atoms with E-state index in [4.69, 9.17) is 4.52 Å². The summed E-state index contributed by atoms with van der Waals surface area (Å²) in [4.78, 5) is 14.3. The molecule has 5 nitrogen and oxygen atoms in total. The summed E-state index contributed by atoms with van der Waals surface area (Å²) < 4.78 is 5.42. The molecule has 1 aromatic carbocycles. The van der Waals surface area contributed by atoms with Crippen LogP contribution in [0.5, 0.6) is 0 Å². The zero-order chi connectivity index (χ0) is 16.8. The minimum Gasteiger partial charge on any atom is -0.361 e. The van der Waals surface area contributed by atoms with Crippen LogP contribution in [0.1, 0.15) is 25.0 Å².